The van der Waals surface area contributed by atoms with E-state index in [9.17, 15) is 10.2 Å². The molecule has 3 aromatic rings. The lowest BCUT2D eigenvalue weighted by Crippen LogP contribution is -2.36. The highest BCUT2D eigenvalue weighted by molar-refractivity contribution is 5.82. The molecule has 1 aliphatic heterocycles. The molecule has 1 aliphatic rings. The molecule has 4 rings (SSSR count). The summed E-state index contributed by atoms with van der Waals surface area (Å²) >= 11 is 0. The first kappa shape index (κ1) is 14.7. The minimum absolute atomic E-state index is 0.131. The summed E-state index contributed by atoms with van der Waals surface area (Å²) in [4.78, 5) is 11.4. The molecule has 2 heterocycles. The van der Waals surface area contributed by atoms with Crippen LogP contribution in [-0.2, 0) is 4.74 Å². The largest absolute Gasteiger partial charge is 0.504 e. The molecule has 0 saturated carbocycles. The fourth-order valence-corrected chi connectivity index (χ4v) is 2.83. The number of nitrogens with zero attached hydrogens (tertiary/aromatic N) is 3. The molecule has 6 heteroatoms. The fourth-order valence-electron chi connectivity index (χ4n) is 2.83. The Labute approximate surface area is 139 Å². The molecule has 2 N–H and O–H groups in total. The van der Waals surface area contributed by atoms with E-state index in [0.29, 0.717) is 13.2 Å². The first-order valence-corrected chi connectivity index (χ1v) is 7.82. The molecular weight excluding hydrogens is 306 g/mol. The third-order valence-corrected chi connectivity index (χ3v) is 4.17. The number of anilines is 1. The summed E-state index contributed by atoms with van der Waals surface area (Å²) in [7, 11) is 0. The van der Waals surface area contributed by atoms with Crippen LogP contribution >= 0.6 is 0 Å². The predicted octanol–water partition coefficient (Wildman–Crippen LogP) is 2.54. The van der Waals surface area contributed by atoms with Crippen molar-refractivity contribution in [1.82, 2.24) is 9.97 Å². The maximum atomic E-state index is 9.69. The molecule has 0 unspecified atom stereocenters. The third kappa shape index (κ3) is 2.72. The van der Waals surface area contributed by atoms with Crippen molar-refractivity contribution in [3.63, 3.8) is 0 Å². The maximum Gasteiger partial charge on any atom is 0.158 e. The Balaban J connectivity index is 1.74. The molecule has 0 spiro atoms. The van der Waals surface area contributed by atoms with E-state index in [4.69, 9.17) is 9.72 Å². The third-order valence-electron chi connectivity index (χ3n) is 4.17. The monoisotopic (exact) mass is 323 g/mol. The van der Waals surface area contributed by atoms with Crippen LogP contribution in [0.1, 0.15) is 0 Å². The van der Waals surface area contributed by atoms with Crippen molar-refractivity contribution in [2.45, 2.75) is 0 Å². The lowest BCUT2D eigenvalue weighted by molar-refractivity contribution is 0.122. The van der Waals surface area contributed by atoms with E-state index >= 15 is 0 Å². The van der Waals surface area contributed by atoms with Gasteiger partial charge in [0.2, 0.25) is 0 Å². The van der Waals surface area contributed by atoms with Gasteiger partial charge in [0.05, 0.1) is 30.4 Å². The Morgan fingerprint density at radius 1 is 0.875 bits per heavy atom. The maximum absolute atomic E-state index is 9.69. The molecule has 0 atom stereocenters. The van der Waals surface area contributed by atoms with Gasteiger partial charge in [0.15, 0.2) is 11.5 Å². The second kappa shape index (κ2) is 5.98. The topological polar surface area (TPSA) is 78.7 Å². The number of aromatic nitrogens is 2. The van der Waals surface area contributed by atoms with Gasteiger partial charge in [-0.15, -0.1) is 0 Å². The molecule has 1 fully saturated rings. The second-order valence-electron chi connectivity index (χ2n) is 5.73. The highest BCUT2D eigenvalue weighted by Gasteiger charge is 2.13. The van der Waals surface area contributed by atoms with Crippen molar-refractivity contribution in [3.8, 4) is 22.6 Å². The van der Waals surface area contributed by atoms with Crippen molar-refractivity contribution in [3.05, 3.63) is 42.6 Å². The summed E-state index contributed by atoms with van der Waals surface area (Å²) in [6.07, 6.45) is 1.79. The molecule has 1 saturated heterocycles. The molecule has 24 heavy (non-hydrogen) atoms. The summed E-state index contributed by atoms with van der Waals surface area (Å²) in [5.74, 6) is 0.575. The molecule has 122 valence electrons. The van der Waals surface area contributed by atoms with Crippen LogP contribution in [0.25, 0.3) is 22.2 Å². The minimum atomic E-state index is -0.138. The zero-order chi connectivity index (χ0) is 16.5. The van der Waals surface area contributed by atoms with Gasteiger partial charge in [-0.2, -0.15) is 0 Å². The lowest BCUT2D eigenvalue weighted by atomic mass is 10.0. The van der Waals surface area contributed by atoms with Gasteiger partial charge in [0.1, 0.15) is 5.82 Å². The molecule has 0 bridgehead atoms. The predicted molar refractivity (Wildman–Crippen MR) is 91.3 cm³/mol. The van der Waals surface area contributed by atoms with Crippen LogP contribution < -0.4 is 4.90 Å². The normalized spacial score (nSPS) is 14.9. The summed E-state index contributed by atoms with van der Waals surface area (Å²) in [5.41, 5.74) is 3.33. The molecule has 0 radical (unpaired) electrons. The number of phenols is 2. The number of hydrogen-bond acceptors (Lipinski definition) is 6. The van der Waals surface area contributed by atoms with Crippen LogP contribution in [0.2, 0.25) is 0 Å². The number of phenolic OH excluding ortho intramolecular Hbond substituents is 2. The van der Waals surface area contributed by atoms with Crippen LogP contribution in [0.5, 0.6) is 11.5 Å². The van der Waals surface area contributed by atoms with Gasteiger partial charge in [-0.05, 0) is 35.4 Å². The number of hydrogen-bond donors (Lipinski definition) is 2. The van der Waals surface area contributed by atoms with E-state index in [2.05, 4.69) is 9.88 Å². The van der Waals surface area contributed by atoms with Gasteiger partial charge in [0, 0.05) is 13.1 Å². The number of ether oxygens (including phenoxy) is 1. The fraction of sp³-hybridized carbons (Fsp3) is 0.222. The van der Waals surface area contributed by atoms with E-state index < -0.39 is 0 Å². The van der Waals surface area contributed by atoms with Crippen LogP contribution in [0, 0.1) is 0 Å². The number of fused-ring (bicyclic) bond motifs is 1. The number of morpholine rings is 1. The molecule has 0 aliphatic carbocycles. The Morgan fingerprint density at radius 2 is 1.62 bits per heavy atom. The van der Waals surface area contributed by atoms with Crippen LogP contribution in [0.3, 0.4) is 0 Å². The van der Waals surface area contributed by atoms with Gasteiger partial charge in [-0.1, -0.05) is 12.1 Å². The Morgan fingerprint density at radius 3 is 2.42 bits per heavy atom. The Hall–Kier alpha value is -2.86. The Kier molecular flexibility index (Phi) is 3.66. The highest BCUT2D eigenvalue weighted by Crippen LogP contribution is 2.31. The molecule has 1 aromatic heterocycles. The van der Waals surface area contributed by atoms with Crippen LogP contribution in [0.15, 0.2) is 42.6 Å². The van der Waals surface area contributed by atoms with Gasteiger partial charge in [-0.3, -0.25) is 4.98 Å². The Bertz CT molecular complexity index is 892. The molecular formula is C18H17N3O3. The minimum Gasteiger partial charge on any atom is -0.504 e. The number of benzene rings is 2. The smallest absolute Gasteiger partial charge is 0.158 e. The number of aromatic hydroxyl groups is 2. The van der Waals surface area contributed by atoms with Gasteiger partial charge in [0.25, 0.3) is 0 Å². The second-order valence-corrected chi connectivity index (χ2v) is 5.73. The van der Waals surface area contributed by atoms with Gasteiger partial charge < -0.3 is 19.8 Å². The van der Waals surface area contributed by atoms with Crippen LogP contribution in [0.4, 0.5) is 5.82 Å². The average Bonchev–Trinajstić information content (AvgIpc) is 2.64. The van der Waals surface area contributed by atoms with E-state index in [0.717, 1.165) is 41.1 Å². The van der Waals surface area contributed by atoms with Crippen molar-refractivity contribution in [1.29, 1.82) is 0 Å². The molecule has 0 amide bonds. The van der Waals surface area contributed by atoms with Gasteiger partial charge >= 0.3 is 0 Å². The summed E-state index contributed by atoms with van der Waals surface area (Å²) in [6, 6.07) is 10.6. The highest BCUT2D eigenvalue weighted by atomic mass is 16.5. The quantitative estimate of drug-likeness (QED) is 0.706. The molecule has 6 nitrogen and oxygen atoms in total. The van der Waals surface area contributed by atoms with Crippen molar-refractivity contribution in [2.24, 2.45) is 0 Å². The average molecular weight is 323 g/mol. The van der Waals surface area contributed by atoms with Crippen LogP contribution in [-0.4, -0.2) is 46.5 Å². The van der Waals surface area contributed by atoms with E-state index in [1.807, 2.05) is 18.2 Å². The van der Waals surface area contributed by atoms with E-state index in [1.54, 1.807) is 12.3 Å². The molecule has 2 aromatic carbocycles. The van der Waals surface area contributed by atoms with Crippen molar-refractivity contribution in [2.75, 3.05) is 31.2 Å². The zero-order valence-corrected chi connectivity index (χ0v) is 13.0. The standard InChI is InChI=1S/C18H17N3O3/c22-16-4-2-13(10-17(16)23)12-1-3-14-15(9-12)20-18(11-19-14)21-5-7-24-8-6-21/h1-4,9-11,22-23H,5-8H2. The van der Waals surface area contributed by atoms with Gasteiger partial charge in [-0.25, -0.2) is 4.98 Å². The lowest BCUT2D eigenvalue weighted by Gasteiger charge is -2.27. The van der Waals surface area contributed by atoms with E-state index in [1.165, 1.54) is 12.1 Å². The SMILES string of the molecule is Oc1ccc(-c2ccc3ncc(N4CCOCC4)nc3c2)cc1O. The van der Waals surface area contributed by atoms with Crippen molar-refractivity contribution < 1.29 is 14.9 Å². The summed E-state index contributed by atoms with van der Waals surface area (Å²) in [5, 5.41) is 19.1. The number of rotatable bonds is 2. The first-order valence-electron chi connectivity index (χ1n) is 7.82. The van der Waals surface area contributed by atoms with E-state index in [-0.39, 0.29) is 11.5 Å². The summed E-state index contributed by atoms with van der Waals surface area (Å²) < 4.78 is 5.37. The zero-order valence-electron chi connectivity index (χ0n) is 13.0. The van der Waals surface area contributed by atoms with Crippen molar-refractivity contribution >= 4 is 16.9 Å². The summed E-state index contributed by atoms with van der Waals surface area (Å²) in [6.45, 7) is 3.02. The first-order chi connectivity index (χ1) is 11.7.